The number of benzene rings is 1. The highest BCUT2D eigenvalue weighted by molar-refractivity contribution is 5.77. The van der Waals surface area contributed by atoms with E-state index in [9.17, 15) is 4.79 Å². The van der Waals surface area contributed by atoms with Gasteiger partial charge >= 0.3 is 5.97 Å². The number of hydrogen-bond acceptors (Lipinski definition) is 4. The SMILES string of the molecule is CC(C)CN(c1ccc(OC(=O)C2CCC2)cc1N)C1CCCCC1. The smallest absolute Gasteiger partial charge is 0.314 e. The second-order valence-electron chi connectivity index (χ2n) is 8.11. The van der Waals surface area contributed by atoms with E-state index in [0.29, 0.717) is 23.4 Å². The van der Waals surface area contributed by atoms with Gasteiger partial charge in [0.2, 0.25) is 0 Å². The largest absolute Gasteiger partial charge is 0.426 e. The van der Waals surface area contributed by atoms with Crippen LogP contribution in [0.1, 0.15) is 65.2 Å². The molecule has 4 heteroatoms. The second-order valence-corrected chi connectivity index (χ2v) is 8.11. The fourth-order valence-electron chi connectivity index (χ4n) is 3.93. The summed E-state index contributed by atoms with van der Waals surface area (Å²) in [4.78, 5) is 14.5. The summed E-state index contributed by atoms with van der Waals surface area (Å²) < 4.78 is 5.52. The highest BCUT2D eigenvalue weighted by atomic mass is 16.5. The number of rotatable bonds is 6. The van der Waals surface area contributed by atoms with Crippen LogP contribution in [0.4, 0.5) is 11.4 Å². The molecule has 1 aromatic carbocycles. The van der Waals surface area contributed by atoms with Gasteiger partial charge in [0.05, 0.1) is 17.3 Å². The molecule has 2 aliphatic carbocycles. The summed E-state index contributed by atoms with van der Waals surface area (Å²) in [5.74, 6) is 1.13. The van der Waals surface area contributed by atoms with Crippen LogP contribution in [0.15, 0.2) is 18.2 Å². The second kappa shape index (κ2) is 8.11. The van der Waals surface area contributed by atoms with Crippen molar-refractivity contribution >= 4 is 17.3 Å². The molecule has 2 N–H and O–H groups in total. The molecule has 0 spiro atoms. The average Bonchev–Trinajstić information content (AvgIpc) is 2.52. The Labute approximate surface area is 151 Å². The molecule has 0 bridgehead atoms. The Bertz CT molecular complexity index is 590. The Morgan fingerprint density at radius 2 is 1.88 bits per heavy atom. The van der Waals surface area contributed by atoms with Gasteiger partial charge < -0.3 is 15.4 Å². The molecule has 2 saturated carbocycles. The van der Waals surface area contributed by atoms with Gasteiger partial charge in [0.1, 0.15) is 5.75 Å². The molecule has 0 atom stereocenters. The van der Waals surface area contributed by atoms with Crippen molar-refractivity contribution in [2.45, 2.75) is 71.3 Å². The van der Waals surface area contributed by atoms with Gasteiger partial charge in [-0.1, -0.05) is 39.5 Å². The van der Waals surface area contributed by atoms with Crippen LogP contribution in [0.3, 0.4) is 0 Å². The first-order valence-electron chi connectivity index (χ1n) is 9.92. The molecule has 3 rings (SSSR count). The lowest BCUT2D eigenvalue weighted by atomic mass is 9.86. The lowest BCUT2D eigenvalue weighted by Crippen LogP contribution is -2.39. The van der Waals surface area contributed by atoms with Gasteiger partial charge in [-0.2, -0.15) is 0 Å². The van der Waals surface area contributed by atoms with Crippen LogP contribution in [0.25, 0.3) is 0 Å². The normalized spacial score (nSPS) is 18.8. The number of anilines is 2. The molecule has 0 radical (unpaired) electrons. The van der Waals surface area contributed by atoms with Gasteiger partial charge in [-0.05, 0) is 43.7 Å². The summed E-state index contributed by atoms with van der Waals surface area (Å²) in [5, 5.41) is 0. The van der Waals surface area contributed by atoms with Gasteiger partial charge in [0, 0.05) is 18.7 Å². The number of carbonyl (C=O) groups excluding carboxylic acids is 1. The quantitative estimate of drug-likeness (QED) is 0.459. The Morgan fingerprint density at radius 1 is 1.16 bits per heavy atom. The highest BCUT2D eigenvalue weighted by Crippen LogP contribution is 2.35. The monoisotopic (exact) mass is 344 g/mol. The Morgan fingerprint density at radius 3 is 2.44 bits per heavy atom. The summed E-state index contributed by atoms with van der Waals surface area (Å²) >= 11 is 0. The van der Waals surface area contributed by atoms with Crippen LogP contribution in [-0.2, 0) is 4.79 Å². The van der Waals surface area contributed by atoms with E-state index in [4.69, 9.17) is 10.5 Å². The van der Waals surface area contributed by atoms with Gasteiger partial charge in [-0.15, -0.1) is 0 Å². The predicted molar refractivity (Wildman–Crippen MR) is 103 cm³/mol. The predicted octanol–water partition coefficient (Wildman–Crippen LogP) is 4.77. The number of nitrogen functional groups attached to an aromatic ring is 1. The van der Waals surface area contributed by atoms with E-state index in [1.807, 2.05) is 18.2 Å². The van der Waals surface area contributed by atoms with Crippen molar-refractivity contribution in [2.75, 3.05) is 17.2 Å². The molecule has 2 aliphatic rings. The molecule has 0 aliphatic heterocycles. The van der Waals surface area contributed by atoms with E-state index in [1.54, 1.807) is 0 Å². The summed E-state index contributed by atoms with van der Waals surface area (Å²) in [5.41, 5.74) is 8.17. The third kappa shape index (κ3) is 4.47. The molecule has 0 saturated heterocycles. The Hall–Kier alpha value is -1.71. The number of nitrogens with two attached hydrogens (primary N) is 1. The van der Waals surface area contributed by atoms with E-state index in [0.717, 1.165) is 31.5 Å². The van der Waals surface area contributed by atoms with E-state index in [-0.39, 0.29) is 11.9 Å². The lowest BCUT2D eigenvalue weighted by Gasteiger charge is -2.38. The van der Waals surface area contributed by atoms with Gasteiger partial charge in [0.15, 0.2) is 0 Å². The molecule has 2 fully saturated rings. The molecule has 1 aromatic rings. The molecular formula is C21H32N2O2. The van der Waals surface area contributed by atoms with Crippen LogP contribution in [-0.4, -0.2) is 18.6 Å². The highest BCUT2D eigenvalue weighted by Gasteiger charge is 2.28. The van der Waals surface area contributed by atoms with Crippen molar-refractivity contribution in [1.29, 1.82) is 0 Å². The van der Waals surface area contributed by atoms with Crippen LogP contribution >= 0.6 is 0 Å². The van der Waals surface area contributed by atoms with Crippen LogP contribution in [0.5, 0.6) is 5.75 Å². The number of nitrogens with zero attached hydrogens (tertiary/aromatic N) is 1. The number of ether oxygens (including phenoxy) is 1. The van der Waals surface area contributed by atoms with E-state index in [1.165, 1.54) is 32.1 Å². The van der Waals surface area contributed by atoms with Crippen molar-refractivity contribution in [3.05, 3.63) is 18.2 Å². The molecule has 25 heavy (non-hydrogen) atoms. The Kier molecular flexibility index (Phi) is 5.87. The summed E-state index contributed by atoms with van der Waals surface area (Å²) in [6.45, 7) is 5.51. The van der Waals surface area contributed by atoms with Crippen molar-refractivity contribution in [2.24, 2.45) is 11.8 Å². The molecular weight excluding hydrogens is 312 g/mol. The van der Waals surface area contributed by atoms with E-state index in [2.05, 4.69) is 18.7 Å². The third-order valence-corrected chi connectivity index (χ3v) is 5.54. The van der Waals surface area contributed by atoms with Gasteiger partial charge in [0.25, 0.3) is 0 Å². The number of esters is 1. The summed E-state index contributed by atoms with van der Waals surface area (Å²) in [6.07, 6.45) is 9.47. The van der Waals surface area contributed by atoms with Crippen molar-refractivity contribution < 1.29 is 9.53 Å². The lowest BCUT2D eigenvalue weighted by molar-refractivity contribution is -0.141. The van der Waals surface area contributed by atoms with Crippen molar-refractivity contribution in [3.63, 3.8) is 0 Å². The minimum Gasteiger partial charge on any atom is -0.426 e. The first kappa shape index (κ1) is 18.1. The van der Waals surface area contributed by atoms with Crippen molar-refractivity contribution in [3.8, 4) is 5.75 Å². The molecule has 0 heterocycles. The molecule has 4 nitrogen and oxygen atoms in total. The maximum Gasteiger partial charge on any atom is 0.314 e. The minimum absolute atomic E-state index is 0.0839. The number of hydrogen-bond donors (Lipinski definition) is 1. The minimum atomic E-state index is -0.107. The van der Waals surface area contributed by atoms with Gasteiger partial charge in [-0.25, -0.2) is 0 Å². The average molecular weight is 344 g/mol. The summed E-state index contributed by atoms with van der Waals surface area (Å²) in [6, 6.07) is 6.33. The van der Waals surface area contributed by atoms with Crippen LogP contribution in [0, 0.1) is 11.8 Å². The summed E-state index contributed by atoms with van der Waals surface area (Å²) in [7, 11) is 0. The maximum absolute atomic E-state index is 12.0. The zero-order valence-electron chi connectivity index (χ0n) is 15.7. The fraction of sp³-hybridized carbons (Fsp3) is 0.667. The van der Waals surface area contributed by atoms with Gasteiger partial charge in [-0.3, -0.25) is 4.79 Å². The molecule has 0 amide bonds. The zero-order chi connectivity index (χ0) is 17.8. The maximum atomic E-state index is 12.0. The zero-order valence-corrected chi connectivity index (χ0v) is 15.7. The molecule has 0 aromatic heterocycles. The first-order chi connectivity index (χ1) is 12.0. The molecule has 0 unspecified atom stereocenters. The topological polar surface area (TPSA) is 55.6 Å². The standard InChI is InChI=1S/C21H32N2O2/c1-15(2)14-23(17-9-4-3-5-10-17)20-12-11-18(13-19(20)22)25-21(24)16-7-6-8-16/h11-13,15-17H,3-10,14,22H2,1-2H3. The Balaban J connectivity index is 1.74. The van der Waals surface area contributed by atoms with Crippen LogP contribution in [0.2, 0.25) is 0 Å². The van der Waals surface area contributed by atoms with Crippen LogP contribution < -0.4 is 15.4 Å². The van der Waals surface area contributed by atoms with Crippen molar-refractivity contribution in [1.82, 2.24) is 0 Å². The van der Waals surface area contributed by atoms with E-state index >= 15 is 0 Å². The first-order valence-corrected chi connectivity index (χ1v) is 9.92. The third-order valence-electron chi connectivity index (χ3n) is 5.54. The number of carbonyl (C=O) groups is 1. The fourth-order valence-corrected chi connectivity index (χ4v) is 3.93. The van der Waals surface area contributed by atoms with E-state index < -0.39 is 0 Å². The molecule has 138 valence electrons.